The number of aliphatic hydroxyl groups is 2. The number of carbonyl (C=O) groups is 4. The van der Waals surface area contributed by atoms with Gasteiger partial charge in [-0.3, -0.25) is 14.4 Å². The molecule has 0 radical (unpaired) electrons. The van der Waals surface area contributed by atoms with Crippen molar-refractivity contribution in [3.8, 4) is 0 Å². The Morgan fingerprint density at radius 3 is 2.59 bits per heavy atom. The predicted molar refractivity (Wildman–Crippen MR) is 129 cm³/mol. The molecule has 5 heterocycles. The lowest BCUT2D eigenvalue weighted by molar-refractivity contribution is -0.378. The van der Waals surface area contributed by atoms with Crippen LogP contribution < -0.4 is 0 Å². The first-order valence-corrected chi connectivity index (χ1v) is 14.2. The summed E-state index contributed by atoms with van der Waals surface area (Å²) in [5.41, 5.74) is -8.24. The topological polar surface area (TPSA) is 146 Å². The molecule has 8 aliphatic rings. The number of rotatable bonds is 0. The highest BCUT2D eigenvalue weighted by atomic mass is 35.5. The molecule has 13 atom stereocenters. The molecule has 11 heteroatoms. The van der Waals surface area contributed by atoms with E-state index >= 15 is 0 Å². The highest BCUT2D eigenvalue weighted by Crippen LogP contribution is 2.75. The third-order valence-electron chi connectivity index (χ3n) is 12.6. The molecule has 2 saturated carbocycles. The summed E-state index contributed by atoms with van der Waals surface area (Å²) in [6.45, 7) is 4.87. The molecular weight excluding hydrogens is 532 g/mol. The molecule has 1 unspecified atom stereocenters. The monoisotopic (exact) mass is 562 g/mol. The summed E-state index contributed by atoms with van der Waals surface area (Å²) in [4.78, 5) is 54.3. The predicted octanol–water partition coefficient (Wildman–Crippen LogP) is 0.969. The normalized spacial score (nSPS) is 62.0. The average molecular weight is 563 g/mol. The van der Waals surface area contributed by atoms with Gasteiger partial charge in [0.2, 0.25) is 5.79 Å². The van der Waals surface area contributed by atoms with Crippen molar-refractivity contribution in [3.05, 3.63) is 12.2 Å². The van der Waals surface area contributed by atoms with E-state index in [1.807, 2.05) is 0 Å². The second-order valence-corrected chi connectivity index (χ2v) is 14.4. The minimum absolute atomic E-state index is 0.00137. The van der Waals surface area contributed by atoms with Gasteiger partial charge in [-0.05, 0) is 56.4 Å². The summed E-state index contributed by atoms with van der Waals surface area (Å²) < 4.78 is 25.0. The minimum atomic E-state index is -2.28. The smallest absolute Gasteiger partial charge is 0.342 e. The fraction of sp³-hybridized carbons (Fsp3) is 0.786. The van der Waals surface area contributed by atoms with Gasteiger partial charge in [0, 0.05) is 5.92 Å². The molecule has 0 aromatic heterocycles. The van der Waals surface area contributed by atoms with Crippen LogP contribution in [0.5, 0.6) is 0 Å². The van der Waals surface area contributed by atoms with E-state index in [4.69, 9.17) is 30.5 Å². The van der Waals surface area contributed by atoms with Gasteiger partial charge in [0.15, 0.2) is 28.4 Å². The van der Waals surface area contributed by atoms with Crippen LogP contribution in [0.2, 0.25) is 0 Å². The maximum atomic E-state index is 14.9. The number of esters is 2. The van der Waals surface area contributed by atoms with Gasteiger partial charge in [-0.15, -0.1) is 11.6 Å². The van der Waals surface area contributed by atoms with Gasteiger partial charge in [-0.1, -0.05) is 19.9 Å². The van der Waals surface area contributed by atoms with E-state index in [-0.39, 0.29) is 44.5 Å². The molecule has 0 amide bonds. The van der Waals surface area contributed by atoms with Gasteiger partial charge in [-0.2, -0.15) is 0 Å². The number of aliphatic hydroxyl groups excluding tert-OH is 1. The number of fused-ring (bicyclic) bond motifs is 5. The van der Waals surface area contributed by atoms with Crippen LogP contribution in [-0.2, 0) is 38.1 Å². The van der Waals surface area contributed by atoms with Gasteiger partial charge in [0.05, 0.1) is 34.8 Å². The Morgan fingerprint density at radius 2 is 1.85 bits per heavy atom. The van der Waals surface area contributed by atoms with E-state index in [0.29, 0.717) is 0 Å². The van der Waals surface area contributed by atoms with Crippen molar-refractivity contribution in [2.75, 3.05) is 6.61 Å². The largest absolute Gasteiger partial charge is 0.458 e. The van der Waals surface area contributed by atoms with E-state index < -0.39 is 91.9 Å². The number of halogens is 1. The number of ketones is 2. The molecule has 2 spiro atoms. The zero-order chi connectivity index (χ0) is 27.8. The van der Waals surface area contributed by atoms with Gasteiger partial charge in [-0.25, -0.2) is 4.79 Å². The average Bonchev–Trinajstić information content (AvgIpc) is 3.19. The Labute approximate surface area is 229 Å². The highest BCUT2D eigenvalue weighted by Gasteiger charge is 2.93. The number of alkyl halides is 1. The Bertz CT molecular complexity index is 1330. The minimum Gasteiger partial charge on any atom is -0.458 e. The quantitative estimate of drug-likeness (QED) is 0.323. The molecule has 5 bridgehead atoms. The molecule has 7 fully saturated rings. The van der Waals surface area contributed by atoms with E-state index in [0.717, 1.165) is 0 Å². The number of allylic oxidation sites excluding steroid dienone is 2. The van der Waals surface area contributed by atoms with Crippen molar-refractivity contribution in [2.45, 2.75) is 92.5 Å². The zero-order valence-corrected chi connectivity index (χ0v) is 22.7. The van der Waals surface area contributed by atoms with Crippen molar-refractivity contribution in [2.24, 2.45) is 34.5 Å². The number of Topliss-reactive ketones (excluding diaryl/α,β-unsaturated/α-hetero) is 1. The zero-order valence-electron chi connectivity index (χ0n) is 21.9. The SMILES string of the molecule is C[C@]12C[C@@H]3OC(=O)[C@H]1COC14O[C@@]5([C@H]2C1=O)[C@@]3(C)OC(=O)[C@@]5(O)CC[C@@H]1[C@@H]4C[C@H](O)[C@@]2(Cl)CC=CC(=O)[C@@]12C. The Balaban J connectivity index is 1.43. The Kier molecular flexibility index (Phi) is 4.23. The molecular formula is C28H31ClO10. The summed E-state index contributed by atoms with van der Waals surface area (Å²) in [5.74, 6) is -7.85. The standard InChI is InChI=1S/C28H31ClO10/c1-22-10-17-24(3)28-18(22)19(32)27(39-28,36-11-14(22)20(33)37-17)13-9-16(31)25(29)7-4-5-15(30)23(25,2)12(13)6-8-26(28,35)21(34)38-24/h4-5,12-14,16-18,31,35H,6-11H2,1-3H3/t12-,13+,14-,16+,17+,18+,22+,23-,24+,25+,26+,27?,28+/m1/s1. The van der Waals surface area contributed by atoms with Gasteiger partial charge in [0.1, 0.15) is 6.10 Å². The summed E-state index contributed by atoms with van der Waals surface area (Å²) in [5, 5.41) is 24.0. The fourth-order valence-electron chi connectivity index (χ4n) is 10.5. The van der Waals surface area contributed by atoms with Gasteiger partial charge >= 0.3 is 11.9 Å². The molecule has 0 aromatic carbocycles. The van der Waals surface area contributed by atoms with Crippen molar-refractivity contribution >= 4 is 35.1 Å². The molecule has 210 valence electrons. The molecule has 0 aromatic rings. The summed E-state index contributed by atoms with van der Waals surface area (Å²) in [6, 6.07) is 0. The second-order valence-electron chi connectivity index (χ2n) is 13.7. The van der Waals surface area contributed by atoms with Gasteiger partial charge in [0.25, 0.3) is 0 Å². The molecule has 5 aliphatic heterocycles. The Morgan fingerprint density at radius 1 is 1.10 bits per heavy atom. The number of hydrogen-bond donors (Lipinski definition) is 2. The lowest BCUT2D eigenvalue weighted by atomic mass is 9.46. The van der Waals surface area contributed by atoms with E-state index in [1.165, 1.54) is 6.08 Å². The van der Waals surface area contributed by atoms with Gasteiger partial charge < -0.3 is 29.2 Å². The van der Waals surface area contributed by atoms with Crippen molar-refractivity contribution in [1.29, 1.82) is 0 Å². The lowest BCUT2D eigenvalue weighted by Gasteiger charge is -2.64. The van der Waals surface area contributed by atoms with E-state index in [9.17, 15) is 29.4 Å². The first kappa shape index (κ1) is 24.9. The molecule has 39 heavy (non-hydrogen) atoms. The van der Waals surface area contributed by atoms with Crippen LogP contribution in [0.4, 0.5) is 0 Å². The number of hydrogen-bond acceptors (Lipinski definition) is 10. The third-order valence-corrected chi connectivity index (χ3v) is 13.4. The van der Waals surface area contributed by atoms with Crippen LogP contribution in [0.1, 0.15) is 52.9 Å². The third kappa shape index (κ3) is 2.15. The van der Waals surface area contributed by atoms with Crippen LogP contribution >= 0.6 is 11.6 Å². The van der Waals surface area contributed by atoms with Crippen LogP contribution in [-0.4, -0.2) is 80.0 Å². The maximum absolute atomic E-state index is 14.9. The fourth-order valence-corrected chi connectivity index (χ4v) is 10.9. The first-order chi connectivity index (χ1) is 18.2. The molecule has 3 aliphatic carbocycles. The van der Waals surface area contributed by atoms with Crippen molar-refractivity contribution < 1.29 is 48.3 Å². The molecule has 8 rings (SSSR count). The van der Waals surface area contributed by atoms with E-state index in [2.05, 4.69) is 0 Å². The van der Waals surface area contributed by atoms with Crippen LogP contribution in [0, 0.1) is 34.5 Å². The molecule has 10 nitrogen and oxygen atoms in total. The van der Waals surface area contributed by atoms with Crippen LogP contribution in [0.3, 0.4) is 0 Å². The highest BCUT2D eigenvalue weighted by molar-refractivity contribution is 6.28. The summed E-state index contributed by atoms with van der Waals surface area (Å²) in [7, 11) is 0. The first-order valence-electron chi connectivity index (χ1n) is 13.8. The van der Waals surface area contributed by atoms with Crippen molar-refractivity contribution in [3.63, 3.8) is 0 Å². The lowest BCUT2D eigenvalue weighted by Crippen LogP contribution is -2.79. The number of carbonyl (C=O) groups excluding carboxylic acids is 4. The van der Waals surface area contributed by atoms with Crippen LogP contribution in [0.25, 0.3) is 0 Å². The van der Waals surface area contributed by atoms with Crippen LogP contribution in [0.15, 0.2) is 12.2 Å². The number of ether oxygens (including phenoxy) is 4. The maximum Gasteiger partial charge on any atom is 0.342 e. The van der Waals surface area contributed by atoms with E-state index in [1.54, 1.807) is 26.8 Å². The summed E-state index contributed by atoms with van der Waals surface area (Å²) in [6.07, 6.45) is 1.39. The second kappa shape index (κ2) is 6.62. The summed E-state index contributed by atoms with van der Waals surface area (Å²) >= 11 is 7.12. The molecule has 2 N–H and O–H groups in total. The molecule has 5 saturated heterocycles. The Hall–Kier alpha value is -1.85. The van der Waals surface area contributed by atoms with Crippen molar-refractivity contribution in [1.82, 2.24) is 0 Å².